The summed E-state index contributed by atoms with van der Waals surface area (Å²) in [6.07, 6.45) is 11.7. The quantitative estimate of drug-likeness (QED) is 0.831. The number of hydrogen-bond donors (Lipinski definition) is 0. The molecule has 98 valence electrons. The molecule has 0 aliphatic carbocycles. The van der Waals surface area contributed by atoms with Gasteiger partial charge in [-0.1, -0.05) is 0 Å². The topological polar surface area (TPSA) is 35.6 Å². The van der Waals surface area contributed by atoms with Crippen molar-refractivity contribution in [3.63, 3.8) is 0 Å². The van der Waals surface area contributed by atoms with Crippen LogP contribution in [0.4, 0.5) is 0 Å². The molecule has 4 heteroatoms. The van der Waals surface area contributed by atoms with Gasteiger partial charge in [-0.05, 0) is 34.1 Å². The van der Waals surface area contributed by atoms with Crippen molar-refractivity contribution < 1.29 is 0 Å². The second kappa shape index (κ2) is 4.96. The van der Waals surface area contributed by atoms with E-state index in [-0.39, 0.29) is 5.54 Å². The molecule has 0 aromatic carbocycles. The lowest BCUT2D eigenvalue weighted by Crippen LogP contribution is -2.23. The molecule has 0 aliphatic heterocycles. The van der Waals surface area contributed by atoms with Gasteiger partial charge in [0.25, 0.3) is 0 Å². The van der Waals surface area contributed by atoms with Gasteiger partial charge in [-0.2, -0.15) is 0 Å². The Hall–Kier alpha value is -1.58. The molecule has 1 atom stereocenters. The minimum absolute atomic E-state index is 0.101. The molecular weight excluding hydrogens is 224 g/mol. The molecule has 0 aliphatic rings. The minimum Gasteiger partial charge on any atom is -0.335 e. The molecule has 1 unspecified atom stereocenters. The van der Waals surface area contributed by atoms with Crippen LogP contribution in [0.1, 0.15) is 46.0 Å². The van der Waals surface area contributed by atoms with Crippen LogP contribution >= 0.6 is 0 Å². The van der Waals surface area contributed by atoms with Crippen LogP contribution < -0.4 is 0 Å². The van der Waals surface area contributed by atoms with E-state index in [2.05, 4.69) is 53.0 Å². The average Bonchev–Trinajstić information content (AvgIpc) is 2.95. The first-order valence-electron chi connectivity index (χ1n) is 6.48. The number of hydrogen-bond acceptors (Lipinski definition) is 2. The van der Waals surface area contributed by atoms with Crippen LogP contribution in [-0.2, 0) is 12.0 Å². The fourth-order valence-electron chi connectivity index (χ4n) is 2.15. The second-order valence-electron chi connectivity index (χ2n) is 5.78. The SMILES string of the molecule is CC(CCc1nccn1C(C)(C)C)n1ccnc1. The summed E-state index contributed by atoms with van der Waals surface area (Å²) in [5, 5.41) is 0. The number of nitrogens with zero attached hydrogens (tertiary/aromatic N) is 4. The summed E-state index contributed by atoms with van der Waals surface area (Å²) < 4.78 is 4.40. The number of rotatable bonds is 4. The number of aromatic nitrogens is 4. The first-order valence-corrected chi connectivity index (χ1v) is 6.48. The number of imidazole rings is 2. The van der Waals surface area contributed by atoms with Crippen LogP contribution in [0.25, 0.3) is 0 Å². The zero-order chi connectivity index (χ0) is 13.2. The lowest BCUT2D eigenvalue weighted by molar-refractivity contribution is 0.375. The first kappa shape index (κ1) is 12.9. The van der Waals surface area contributed by atoms with Crippen molar-refractivity contribution in [3.8, 4) is 0 Å². The van der Waals surface area contributed by atoms with Crippen LogP contribution in [0.3, 0.4) is 0 Å². The minimum atomic E-state index is 0.101. The molecule has 0 amide bonds. The highest BCUT2D eigenvalue weighted by Crippen LogP contribution is 2.19. The third-order valence-electron chi connectivity index (χ3n) is 3.26. The molecule has 0 spiro atoms. The van der Waals surface area contributed by atoms with Gasteiger partial charge >= 0.3 is 0 Å². The summed E-state index contributed by atoms with van der Waals surface area (Å²) in [5.74, 6) is 1.16. The van der Waals surface area contributed by atoms with Crippen LogP contribution in [0.2, 0.25) is 0 Å². The molecular formula is C14H22N4. The van der Waals surface area contributed by atoms with E-state index >= 15 is 0 Å². The molecule has 0 saturated heterocycles. The molecule has 4 nitrogen and oxygen atoms in total. The maximum Gasteiger partial charge on any atom is 0.109 e. The zero-order valence-electron chi connectivity index (χ0n) is 11.7. The van der Waals surface area contributed by atoms with Crippen molar-refractivity contribution >= 4 is 0 Å². The maximum absolute atomic E-state index is 4.47. The second-order valence-corrected chi connectivity index (χ2v) is 5.78. The van der Waals surface area contributed by atoms with Gasteiger partial charge in [0, 0.05) is 42.8 Å². The Balaban J connectivity index is 2.01. The largest absolute Gasteiger partial charge is 0.335 e. The van der Waals surface area contributed by atoms with E-state index in [0.717, 1.165) is 18.7 Å². The predicted molar refractivity (Wildman–Crippen MR) is 72.5 cm³/mol. The molecule has 0 saturated carbocycles. The Morgan fingerprint density at radius 1 is 1.22 bits per heavy atom. The summed E-state index contributed by atoms with van der Waals surface area (Å²) in [4.78, 5) is 8.56. The molecule has 2 heterocycles. The van der Waals surface area contributed by atoms with E-state index in [1.54, 1.807) is 0 Å². The Labute approximate surface area is 109 Å². The van der Waals surface area contributed by atoms with Crippen molar-refractivity contribution in [1.29, 1.82) is 0 Å². The number of aryl methyl sites for hydroxylation is 1. The van der Waals surface area contributed by atoms with Crippen molar-refractivity contribution in [2.24, 2.45) is 0 Å². The third kappa shape index (κ3) is 2.81. The van der Waals surface area contributed by atoms with Gasteiger partial charge in [0.1, 0.15) is 5.82 Å². The van der Waals surface area contributed by atoms with Gasteiger partial charge < -0.3 is 9.13 Å². The lowest BCUT2D eigenvalue weighted by Gasteiger charge is -2.24. The standard InChI is InChI=1S/C14H22N4/c1-12(17-9-7-15-11-17)5-6-13-16-8-10-18(13)14(2,3)4/h7-12H,5-6H2,1-4H3. The van der Waals surface area contributed by atoms with Gasteiger partial charge in [-0.25, -0.2) is 9.97 Å². The highest BCUT2D eigenvalue weighted by molar-refractivity contribution is 4.98. The summed E-state index contributed by atoms with van der Waals surface area (Å²) in [5.41, 5.74) is 0.101. The van der Waals surface area contributed by atoms with Crippen molar-refractivity contribution in [1.82, 2.24) is 19.1 Å². The molecule has 0 radical (unpaired) electrons. The van der Waals surface area contributed by atoms with Gasteiger partial charge in [-0.15, -0.1) is 0 Å². The Morgan fingerprint density at radius 3 is 2.61 bits per heavy atom. The monoisotopic (exact) mass is 246 g/mol. The summed E-state index contributed by atoms with van der Waals surface area (Å²) in [7, 11) is 0. The molecule has 0 bridgehead atoms. The van der Waals surface area contributed by atoms with E-state index in [0.29, 0.717) is 6.04 Å². The maximum atomic E-state index is 4.47. The fourth-order valence-corrected chi connectivity index (χ4v) is 2.15. The van der Waals surface area contributed by atoms with Crippen molar-refractivity contribution in [2.45, 2.75) is 52.1 Å². The van der Waals surface area contributed by atoms with E-state index in [1.807, 2.05) is 24.9 Å². The van der Waals surface area contributed by atoms with Crippen LogP contribution in [0.5, 0.6) is 0 Å². The average molecular weight is 246 g/mol. The lowest BCUT2D eigenvalue weighted by atomic mass is 10.1. The van der Waals surface area contributed by atoms with Crippen LogP contribution in [0.15, 0.2) is 31.1 Å². The van der Waals surface area contributed by atoms with Gasteiger partial charge in [0.05, 0.1) is 6.33 Å². The van der Waals surface area contributed by atoms with Crippen LogP contribution in [0, 0.1) is 0 Å². The van der Waals surface area contributed by atoms with E-state index in [1.165, 1.54) is 0 Å². The third-order valence-corrected chi connectivity index (χ3v) is 3.26. The van der Waals surface area contributed by atoms with Crippen molar-refractivity contribution in [2.75, 3.05) is 0 Å². The molecule has 2 aromatic heterocycles. The zero-order valence-corrected chi connectivity index (χ0v) is 11.7. The van der Waals surface area contributed by atoms with E-state index in [4.69, 9.17) is 0 Å². The van der Waals surface area contributed by atoms with E-state index < -0.39 is 0 Å². The van der Waals surface area contributed by atoms with Gasteiger partial charge in [0.15, 0.2) is 0 Å². The normalized spacial score (nSPS) is 13.8. The summed E-state index contributed by atoms with van der Waals surface area (Å²) in [6.45, 7) is 8.83. The molecule has 2 aromatic rings. The van der Waals surface area contributed by atoms with Crippen molar-refractivity contribution in [3.05, 3.63) is 36.9 Å². The summed E-state index contributed by atoms with van der Waals surface area (Å²) in [6, 6.07) is 0.456. The highest BCUT2D eigenvalue weighted by atomic mass is 15.1. The predicted octanol–water partition coefficient (Wildman–Crippen LogP) is 3.03. The Kier molecular flexibility index (Phi) is 3.55. The van der Waals surface area contributed by atoms with Gasteiger partial charge in [-0.3, -0.25) is 0 Å². The molecule has 0 fully saturated rings. The highest BCUT2D eigenvalue weighted by Gasteiger charge is 2.17. The molecule has 18 heavy (non-hydrogen) atoms. The Morgan fingerprint density at radius 2 is 2.00 bits per heavy atom. The smallest absolute Gasteiger partial charge is 0.109 e. The first-order chi connectivity index (χ1) is 8.48. The molecule has 0 N–H and O–H groups in total. The van der Waals surface area contributed by atoms with E-state index in [9.17, 15) is 0 Å². The summed E-state index contributed by atoms with van der Waals surface area (Å²) >= 11 is 0. The Bertz CT molecular complexity index is 476. The molecule has 2 rings (SSSR count). The van der Waals surface area contributed by atoms with Crippen LogP contribution in [-0.4, -0.2) is 19.1 Å². The fraction of sp³-hybridized carbons (Fsp3) is 0.571. The van der Waals surface area contributed by atoms with Gasteiger partial charge in [0.2, 0.25) is 0 Å².